The Morgan fingerprint density at radius 2 is 1.10 bits per heavy atom. The minimum absolute atomic E-state index is 0.00463. The zero-order valence-electron chi connectivity index (χ0n) is 56.1. The molecule has 4 nitrogen and oxygen atoms in total. The molecule has 1 aromatic carbocycles. The van der Waals surface area contributed by atoms with Crippen LogP contribution in [0, 0.1) is 40.9 Å². The number of alkyl halides is 2. The molecule has 0 N–H and O–H groups in total. The van der Waals surface area contributed by atoms with Gasteiger partial charge in [-0.25, -0.2) is 22.0 Å². The van der Waals surface area contributed by atoms with Crippen molar-refractivity contribution in [3.63, 3.8) is 0 Å². The summed E-state index contributed by atoms with van der Waals surface area (Å²) in [6.45, 7) is 40.2. The average Bonchev–Trinajstić information content (AvgIpc) is 3.52. The minimum atomic E-state index is -2.41. The molecule has 4 aliphatic rings. The molecule has 0 spiro atoms. The van der Waals surface area contributed by atoms with E-state index in [4.69, 9.17) is 11.6 Å². The number of carbonyl (C=O) groups is 2. The quantitative estimate of drug-likeness (QED) is 0.106. The lowest BCUT2D eigenvalue weighted by Crippen LogP contribution is -2.22. The average molecular weight is 1180 g/mol. The Kier molecular flexibility index (Phi) is 68.6. The van der Waals surface area contributed by atoms with Gasteiger partial charge >= 0.3 is 11.9 Å². The number of hydrogen-bond donors (Lipinski definition) is 0. The van der Waals surface area contributed by atoms with Gasteiger partial charge in [0.25, 0.3) is 0 Å². The number of ether oxygens (including phenoxy) is 2. The summed E-state index contributed by atoms with van der Waals surface area (Å²) in [5, 5.41) is 0. The van der Waals surface area contributed by atoms with Crippen LogP contribution in [-0.4, -0.2) is 38.2 Å². The minimum Gasteiger partial charge on any atom is -0.469 e. The SMILES string of the molecule is CC1C=CC=CC1.CCC.CCC(C)C.CCCC.CCCC(=O)OC.CCCC1C(F)=C(F)C(F)=C(F)C1F.CCCC1C=CC(C(C)(C)C)=CC1.CCCC1C=CC=CC1.CCCCl.CCCc1ccccc1.COC(=O)C(C)C. The number of rotatable bonds is 14. The van der Waals surface area contributed by atoms with Crippen molar-refractivity contribution < 1.29 is 41.0 Å². The summed E-state index contributed by atoms with van der Waals surface area (Å²) >= 11 is 5.19. The van der Waals surface area contributed by atoms with Gasteiger partial charge in [0.15, 0.2) is 23.7 Å². The van der Waals surface area contributed by atoms with Crippen LogP contribution in [0.15, 0.2) is 126 Å². The Labute approximate surface area is 508 Å². The maximum atomic E-state index is 13.0. The highest BCUT2D eigenvalue weighted by Gasteiger charge is 2.39. The van der Waals surface area contributed by atoms with E-state index in [1.165, 1.54) is 109 Å². The lowest BCUT2D eigenvalue weighted by atomic mass is 9.81. The second-order valence-corrected chi connectivity index (χ2v) is 22.6. The predicted molar refractivity (Wildman–Crippen MR) is 352 cm³/mol. The summed E-state index contributed by atoms with van der Waals surface area (Å²) in [6, 6.07) is 10.6. The molecule has 82 heavy (non-hydrogen) atoms. The highest BCUT2D eigenvalue weighted by Crippen LogP contribution is 2.41. The second-order valence-electron chi connectivity index (χ2n) is 22.2. The number of aryl methyl sites for hydroxylation is 1. The van der Waals surface area contributed by atoms with Crippen molar-refractivity contribution >= 4 is 23.5 Å². The number of unbranched alkanes of at least 4 members (excludes halogenated alkanes) is 1. The molecule has 5 rings (SSSR count). The van der Waals surface area contributed by atoms with Crippen molar-refractivity contribution in [3.05, 3.63) is 132 Å². The van der Waals surface area contributed by atoms with Crippen LogP contribution >= 0.6 is 11.6 Å². The van der Waals surface area contributed by atoms with Crippen LogP contribution in [-0.2, 0) is 25.5 Å². The molecule has 5 atom stereocenters. The van der Waals surface area contributed by atoms with Crippen molar-refractivity contribution in [2.24, 2.45) is 40.9 Å². The number of carbonyl (C=O) groups excluding carboxylic acids is 2. The zero-order valence-corrected chi connectivity index (χ0v) is 56.9. The molecule has 0 bridgehead atoms. The fraction of sp³-hybridized carbons (Fsp3) is 0.667. The molecular weight excluding hydrogens is 1060 g/mol. The van der Waals surface area contributed by atoms with E-state index in [1.54, 1.807) is 20.8 Å². The first-order chi connectivity index (χ1) is 38.8. The van der Waals surface area contributed by atoms with Gasteiger partial charge in [0.2, 0.25) is 0 Å². The third kappa shape index (κ3) is 56.5. The Balaban J connectivity index is -0.000000199. The van der Waals surface area contributed by atoms with Gasteiger partial charge in [0.05, 0.1) is 26.1 Å². The van der Waals surface area contributed by atoms with Crippen LogP contribution < -0.4 is 0 Å². The van der Waals surface area contributed by atoms with E-state index >= 15 is 0 Å². The molecule has 10 heteroatoms. The highest BCUT2D eigenvalue weighted by molar-refractivity contribution is 6.17. The Morgan fingerprint density at radius 1 is 0.622 bits per heavy atom. The molecule has 0 heterocycles. The summed E-state index contributed by atoms with van der Waals surface area (Å²) in [5.41, 5.74) is 3.27. The van der Waals surface area contributed by atoms with Gasteiger partial charge in [0, 0.05) is 12.3 Å². The third-order valence-corrected chi connectivity index (χ3v) is 12.4. The van der Waals surface area contributed by atoms with Crippen molar-refractivity contribution in [2.45, 2.75) is 253 Å². The van der Waals surface area contributed by atoms with E-state index in [2.05, 4.69) is 204 Å². The van der Waals surface area contributed by atoms with E-state index in [9.17, 15) is 31.5 Å². The first kappa shape index (κ1) is 89.2. The van der Waals surface area contributed by atoms with Crippen LogP contribution in [0.5, 0.6) is 0 Å². The Hall–Kier alpha value is -3.98. The molecule has 0 fully saturated rings. The maximum Gasteiger partial charge on any atom is 0.308 e. The van der Waals surface area contributed by atoms with Gasteiger partial charge in [-0.15, -0.1) is 11.6 Å². The number of hydrogen-bond acceptors (Lipinski definition) is 4. The van der Waals surface area contributed by atoms with Crippen LogP contribution in [0.3, 0.4) is 0 Å². The first-order valence-electron chi connectivity index (χ1n) is 31.3. The van der Waals surface area contributed by atoms with Gasteiger partial charge in [-0.05, 0) is 98.0 Å². The summed E-state index contributed by atoms with van der Waals surface area (Å²) in [4.78, 5) is 20.5. The van der Waals surface area contributed by atoms with Gasteiger partial charge in [0.1, 0.15) is 5.83 Å². The van der Waals surface area contributed by atoms with E-state index in [1.807, 2.05) is 13.8 Å². The van der Waals surface area contributed by atoms with E-state index in [-0.39, 0.29) is 24.3 Å². The zero-order chi connectivity index (χ0) is 64.3. The predicted octanol–water partition coefficient (Wildman–Crippen LogP) is 24.8. The highest BCUT2D eigenvalue weighted by atomic mass is 35.5. The van der Waals surface area contributed by atoms with Gasteiger partial charge in [-0.2, -0.15) is 0 Å². The topological polar surface area (TPSA) is 52.6 Å². The smallest absolute Gasteiger partial charge is 0.308 e. The van der Waals surface area contributed by atoms with Crippen molar-refractivity contribution in [1.29, 1.82) is 0 Å². The third-order valence-electron chi connectivity index (χ3n) is 12.0. The van der Waals surface area contributed by atoms with Crippen molar-refractivity contribution in [3.8, 4) is 0 Å². The van der Waals surface area contributed by atoms with E-state index < -0.39 is 35.4 Å². The summed E-state index contributed by atoms with van der Waals surface area (Å²) < 4.78 is 72.4. The standard InChI is InChI=1S/C13H22.C9H9F5.C9H14.C9H12.C7H10.2C5H10O2.C5H12.C4H10.C3H7Cl.C3H8/c1-5-6-11-7-9-12(10-8-11)13(2,3)4;1-2-3-4-5(10)7(12)9(14)8(13)6(4)11;2*1-2-6-9-7-4-3-5-8-9;1-7-5-3-2-4-6-7;1-4(2)5(6)7-3;1-3-4-5(6)7-2;1-4-5(2)3;1-3-4-2;1-2-3-4;1-3-2/h7,9-11H,5-6,8H2,1-4H3;4-5H,2-3H2,1H3;3-5,7,9H,2,6,8H2,1H3;3-5,7-8H,2,6H2,1H3;2-5,7H,6H2,1H3;4H,1-3H3;3-4H2,1-2H3;5H,4H2,1-3H3;3-4H2,1-2H3;2-3H2,1H3;3H2,1-2H3. The molecule has 478 valence electrons. The fourth-order valence-electron chi connectivity index (χ4n) is 6.58. The Bertz CT molecular complexity index is 1850. The molecule has 0 saturated heterocycles. The summed E-state index contributed by atoms with van der Waals surface area (Å²) in [7, 11) is 2.79. The molecule has 0 saturated carbocycles. The second kappa shape index (κ2) is 63.1. The molecule has 1 aromatic rings. The lowest BCUT2D eigenvalue weighted by Gasteiger charge is -2.24. The number of esters is 2. The molecule has 5 unspecified atom stereocenters. The summed E-state index contributed by atoms with van der Waals surface area (Å²) in [6.07, 6.45) is 41.7. The number of halogens is 6. The number of benzene rings is 1. The van der Waals surface area contributed by atoms with Crippen LogP contribution in [0.1, 0.15) is 246 Å². The van der Waals surface area contributed by atoms with Crippen molar-refractivity contribution in [1.82, 2.24) is 0 Å². The van der Waals surface area contributed by atoms with Gasteiger partial charge in [-0.1, -0.05) is 280 Å². The first-order valence-corrected chi connectivity index (χ1v) is 31.9. The van der Waals surface area contributed by atoms with E-state index in [0.717, 1.165) is 42.4 Å². The normalized spacial score (nSPS) is 17.8. The van der Waals surface area contributed by atoms with E-state index in [0.29, 0.717) is 18.3 Å². The van der Waals surface area contributed by atoms with Crippen molar-refractivity contribution in [2.75, 3.05) is 20.1 Å². The lowest BCUT2D eigenvalue weighted by molar-refractivity contribution is -0.144. The molecule has 0 radical (unpaired) electrons. The van der Waals surface area contributed by atoms with Gasteiger partial charge in [-0.3, -0.25) is 9.59 Å². The Morgan fingerprint density at radius 3 is 1.38 bits per heavy atom. The molecule has 4 aliphatic carbocycles. The fourth-order valence-corrected chi connectivity index (χ4v) is 6.58. The molecule has 0 aromatic heterocycles. The van der Waals surface area contributed by atoms with Crippen LogP contribution in [0.4, 0.5) is 22.0 Å². The summed E-state index contributed by atoms with van der Waals surface area (Å²) in [5.74, 6) is -5.05. The molecular formula is C72H124ClF5O4. The molecule has 0 amide bonds. The van der Waals surface area contributed by atoms with Crippen LogP contribution in [0.2, 0.25) is 0 Å². The molecule has 0 aliphatic heterocycles. The number of allylic oxidation sites excluding steroid dienone is 16. The number of methoxy groups -OCH3 is 2. The monoisotopic (exact) mass is 1180 g/mol. The maximum absolute atomic E-state index is 13.0. The van der Waals surface area contributed by atoms with Crippen LogP contribution in [0.25, 0.3) is 0 Å². The van der Waals surface area contributed by atoms with Gasteiger partial charge < -0.3 is 9.47 Å². The largest absolute Gasteiger partial charge is 0.469 e.